The van der Waals surface area contributed by atoms with Gasteiger partial charge < -0.3 is 14.8 Å². The lowest BCUT2D eigenvalue weighted by atomic mass is 10.1. The maximum atomic E-state index is 11.6. The van der Waals surface area contributed by atoms with E-state index in [1.807, 2.05) is 43.4 Å². The summed E-state index contributed by atoms with van der Waals surface area (Å²) in [5, 5.41) is 3.20. The highest BCUT2D eigenvalue weighted by Crippen LogP contribution is 2.38. The van der Waals surface area contributed by atoms with Crippen LogP contribution in [-0.2, 0) is 13.1 Å². The standard InChI is InChI=1S/C19H21ClN2O3/c1-21-19(23)15-5-3-13(4-6-15)11-22(2)12-14-9-16(20)18-17(10-14)24-7-8-25-18/h3-6,9-10H,7-8,11-12H2,1-2H3,(H,21,23). The average Bonchev–Trinajstić information content (AvgIpc) is 2.61. The van der Waals surface area contributed by atoms with Gasteiger partial charge in [0.1, 0.15) is 13.2 Å². The smallest absolute Gasteiger partial charge is 0.251 e. The van der Waals surface area contributed by atoms with Crippen molar-refractivity contribution in [3.63, 3.8) is 0 Å². The van der Waals surface area contributed by atoms with Crippen LogP contribution < -0.4 is 14.8 Å². The number of carbonyl (C=O) groups is 1. The summed E-state index contributed by atoms with van der Waals surface area (Å²) in [6, 6.07) is 11.5. The number of hydrogen-bond donors (Lipinski definition) is 1. The molecule has 132 valence electrons. The molecule has 0 spiro atoms. The molecule has 1 aliphatic rings. The molecule has 0 atom stereocenters. The molecule has 2 aromatic rings. The predicted octanol–water partition coefficient (Wildman–Crippen LogP) is 3.10. The first-order valence-electron chi connectivity index (χ1n) is 8.14. The molecule has 0 saturated heterocycles. The van der Waals surface area contributed by atoms with Gasteiger partial charge in [0.15, 0.2) is 11.5 Å². The van der Waals surface area contributed by atoms with Crippen molar-refractivity contribution in [3.8, 4) is 11.5 Å². The van der Waals surface area contributed by atoms with Gasteiger partial charge in [0.2, 0.25) is 0 Å². The number of fused-ring (bicyclic) bond motifs is 1. The fourth-order valence-corrected chi connectivity index (χ4v) is 3.13. The van der Waals surface area contributed by atoms with Crippen LogP contribution in [0.1, 0.15) is 21.5 Å². The molecule has 0 bridgehead atoms. The lowest BCUT2D eigenvalue weighted by Crippen LogP contribution is -2.19. The summed E-state index contributed by atoms with van der Waals surface area (Å²) in [6.07, 6.45) is 0. The topological polar surface area (TPSA) is 50.8 Å². The first kappa shape index (κ1) is 17.6. The molecular formula is C19H21ClN2O3. The van der Waals surface area contributed by atoms with E-state index >= 15 is 0 Å². The molecule has 0 unspecified atom stereocenters. The molecule has 0 aliphatic carbocycles. The van der Waals surface area contributed by atoms with Gasteiger partial charge in [0.25, 0.3) is 5.91 Å². The van der Waals surface area contributed by atoms with Gasteiger partial charge in [-0.2, -0.15) is 0 Å². The molecule has 0 radical (unpaired) electrons. The normalized spacial score (nSPS) is 13.0. The van der Waals surface area contributed by atoms with E-state index < -0.39 is 0 Å². The Balaban J connectivity index is 1.65. The Labute approximate surface area is 152 Å². The van der Waals surface area contributed by atoms with Crippen molar-refractivity contribution in [2.24, 2.45) is 0 Å². The third-order valence-electron chi connectivity index (χ3n) is 4.00. The summed E-state index contributed by atoms with van der Waals surface area (Å²) in [5.41, 5.74) is 2.87. The van der Waals surface area contributed by atoms with Gasteiger partial charge in [-0.3, -0.25) is 9.69 Å². The van der Waals surface area contributed by atoms with Crippen LogP contribution in [0.15, 0.2) is 36.4 Å². The maximum absolute atomic E-state index is 11.6. The number of nitrogens with one attached hydrogen (secondary N) is 1. The number of hydrogen-bond acceptors (Lipinski definition) is 4. The highest BCUT2D eigenvalue weighted by atomic mass is 35.5. The van der Waals surface area contributed by atoms with E-state index in [4.69, 9.17) is 21.1 Å². The van der Waals surface area contributed by atoms with Gasteiger partial charge in [-0.1, -0.05) is 23.7 Å². The van der Waals surface area contributed by atoms with Crippen LogP contribution in [0.2, 0.25) is 5.02 Å². The van der Waals surface area contributed by atoms with Gasteiger partial charge in [0.05, 0.1) is 5.02 Å². The summed E-state index contributed by atoms with van der Waals surface area (Å²) >= 11 is 6.29. The number of nitrogens with zero attached hydrogens (tertiary/aromatic N) is 1. The molecule has 2 aromatic carbocycles. The van der Waals surface area contributed by atoms with E-state index in [0.717, 1.165) is 24.2 Å². The second-order valence-electron chi connectivity index (χ2n) is 6.05. The lowest BCUT2D eigenvalue weighted by molar-refractivity contribution is 0.0963. The molecule has 1 aliphatic heterocycles. The number of carbonyl (C=O) groups excluding carboxylic acids is 1. The van der Waals surface area contributed by atoms with Gasteiger partial charge >= 0.3 is 0 Å². The molecule has 0 fully saturated rings. The van der Waals surface area contributed by atoms with Crippen molar-refractivity contribution < 1.29 is 14.3 Å². The monoisotopic (exact) mass is 360 g/mol. The van der Waals surface area contributed by atoms with E-state index in [1.54, 1.807) is 7.05 Å². The minimum Gasteiger partial charge on any atom is -0.486 e. The summed E-state index contributed by atoms with van der Waals surface area (Å²) in [4.78, 5) is 13.8. The van der Waals surface area contributed by atoms with Gasteiger partial charge in [0, 0.05) is 25.7 Å². The van der Waals surface area contributed by atoms with Gasteiger partial charge in [-0.25, -0.2) is 0 Å². The zero-order valence-electron chi connectivity index (χ0n) is 14.3. The zero-order chi connectivity index (χ0) is 17.8. The first-order valence-corrected chi connectivity index (χ1v) is 8.52. The van der Waals surface area contributed by atoms with Crippen LogP contribution in [0.3, 0.4) is 0 Å². The Morgan fingerprint density at radius 3 is 2.52 bits per heavy atom. The highest BCUT2D eigenvalue weighted by molar-refractivity contribution is 6.32. The van der Waals surface area contributed by atoms with E-state index in [9.17, 15) is 4.79 Å². The van der Waals surface area contributed by atoms with Crippen molar-refractivity contribution in [3.05, 3.63) is 58.1 Å². The van der Waals surface area contributed by atoms with Crippen molar-refractivity contribution in [2.75, 3.05) is 27.3 Å². The van der Waals surface area contributed by atoms with Crippen LogP contribution in [0.4, 0.5) is 0 Å². The quantitative estimate of drug-likeness (QED) is 0.890. The minimum atomic E-state index is -0.0779. The van der Waals surface area contributed by atoms with Crippen molar-refractivity contribution in [1.29, 1.82) is 0 Å². The predicted molar refractivity (Wildman–Crippen MR) is 97.4 cm³/mol. The van der Waals surface area contributed by atoms with Crippen molar-refractivity contribution >= 4 is 17.5 Å². The summed E-state index contributed by atoms with van der Waals surface area (Å²) in [7, 11) is 3.67. The van der Waals surface area contributed by atoms with Crippen molar-refractivity contribution in [2.45, 2.75) is 13.1 Å². The molecule has 6 heteroatoms. The number of amides is 1. The molecule has 1 N–H and O–H groups in total. The van der Waals surface area contributed by atoms with Crippen LogP contribution in [0.5, 0.6) is 11.5 Å². The molecular weight excluding hydrogens is 340 g/mol. The average molecular weight is 361 g/mol. The van der Waals surface area contributed by atoms with Gasteiger partial charge in [-0.15, -0.1) is 0 Å². The molecule has 0 aromatic heterocycles. The minimum absolute atomic E-state index is 0.0779. The van der Waals surface area contributed by atoms with Crippen molar-refractivity contribution in [1.82, 2.24) is 10.2 Å². The third-order valence-corrected chi connectivity index (χ3v) is 4.29. The number of halogens is 1. The number of benzene rings is 2. The molecule has 3 rings (SSSR count). The fourth-order valence-electron chi connectivity index (χ4n) is 2.84. The summed E-state index contributed by atoms with van der Waals surface area (Å²) in [6.45, 7) is 2.56. The molecule has 25 heavy (non-hydrogen) atoms. The van der Waals surface area contributed by atoms with Gasteiger partial charge in [-0.05, 0) is 42.4 Å². The lowest BCUT2D eigenvalue weighted by Gasteiger charge is -2.22. The number of rotatable bonds is 5. The highest BCUT2D eigenvalue weighted by Gasteiger charge is 2.17. The van der Waals surface area contributed by atoms with Crippen LogP contribution in [-0.4, -0.2) is 38.1 Å². The second-order valence-corrected chi connectivity index (χ2v) is 6.46. The largest absolute Gasteiger partial charge is 0.486 e. The first-order chi connectivity index (χ1) is 12.1. The Hall–Kier alpha value is -2.24. The van der Waals surface area contributed by atoms with Crippen LogP contribution in [0, 0.1) is 0 Å². The third kappa shape index (κ3) is 4.24. The Morgan fingerprint density at radius 2 is 1.80 bits per heavy atom. The zero-order valence-corrected chi connectivity index (χ0v) is 15.1. The Kier molecular flexibility index (Phi) is 5.46. The fraction of sp³-hybridized carbons (Fsp3) is 0.316. The molecule has 5 nitrogen and oxygen atoms in total. The summed E-state index contributed by atoms with van der Waals surface area (Å²) < 4.78 is 11.2. The van der Waals surface area contributed by atoms with E-state index in [2.05, 4.69) is 10.2 Å². The second kappa shape index (κ2) is 7.76. The number of ether oxygens (including phenoxy) is 2. The maximum Gasteiger partial charge on any atom is 0.251 e. The Bertz CT molecular complexity index is 762. The SMILES string of the molecule is CNC(=O)c1ccc(CN(C)Cc2cc(Cl)c3c(c2)OCCO3)cc1. The van der Waals surface area contributed by atoms with E-state index in [1.165, 1.54) is 0 Å². The van der Waals surface area contributed by atoms with Crippen LogP contribution >= 0.6 is 11.6 Å². The molecule has 1 heterocycles. The van der Waals surface area contributed by atoms with E-state index in [0.29, 0.717) is 35.3 Å². The Morgan fingerprint density at radius 1 is 1.12 bits per heavy atom. The van der Waals surface area contributed by atoms with Crippen LogP contribution in [0.25, 0.3) is 0 Å². The summed E-state index contributed by atoms with van der Waals surface area (Å²) in [5.74, 6) is 1.26. The molecule has 0 saturated carbocycles. The van der Waals surface area contributed by atoms with E-state index in [-0.39, 0.29) is 5.91 Å². The molecule has 1 amide bonds.